The Balaban J connectivity index is 2.88. The van der Waals surface area contributed by atoms with Crippen LogP contribution in [0.3, 0.4) is 0 Å². The number of rotatable bonds is 3. The summed E-state index contributed by atoms with van der Waals surface area (Å²) < 4.78 is 9.57. The van der Waals surface area contributed by atoms with E-state index in [1.807, 2.05) is 0 Å². The Bertz CT molecular complexity index is 433. The van der Waals surface area contributed by atoms with Gasteiger partial charge in [-0.3, -0.25) is 0 Å². The van der Waals surface area contributed by atoms with Crippen molar-refractivity contribution in [2.45, 2.75) is 13.8 Å². The predicted octanol–water partition coefficient (Wildman–Crippen LogP) is 1.89. The molecule has 0 spiro atoms. The molecule has 7 heteroatoms. The average Bonchev–Trinajstić information content (AvgIpc) is 2.38. The van der Waals surface area contributed by atoms with Crippen LogP contribution in [-0.4, -0.2) is 25.4 Å². The lowest BCUT2D eigenvalue weighted by Gasteiger charge is -2.21. The van der Waals surface area contributed by atoms with E-state index in [1.165, 1.54) is 0 Å². The minimum atomic E-state index is -0.743. The highest BCUT2D eigenvalue weighted by atomic mass is 16.6. The van der Waals surface area contributed by atoms with Crippen molar-refractivity contribution in [3.63, 3.8) is 0 Å². The van der Waals surface area contributed by atoms with Crippen molar-refractivity contribution in [2.75, 3.05) is 24.0 Å². The van der Waals surface area contributed by atoms with Crippen molar-refractivity contribution in [3.8, 4) is 0 Å². The fourth-order valence-electron chi connectivity index (χ4n) is 1.28. The van der Waals surface area contributed by atoms with Gasteiger partial charge in [0, 0.05) is 5.69 Å². The molecular formula is C12H17N3O4. The van der Waals surface area contributed by atoms with Crippen LogP contribution in [0.2, 0.25) is 0 Å². The van der Waals surface area contributed by atoms with Crippen LogP contribution in [0, 0.1) is 0 Å². The molecule has 0 aliphatic carbocycles. The number of nitrogen functional groups attached to an aromatic ring is 1. The number of carbonyl (C=O) groups excluding carboxylic acids is 2. The van der Waals surface area contributed by atoms with Crippen LogP contribution >= 0.6 is 0 Å². The van der Waals surface area contributed by atoms with E-state index in [9.17, 15) is 9.59 Å². The van der Waals surface area contributed by atoms with Crippen molar-refractivity contribution >= 4 is 23.6 Å². The number of anilines is 2. The zero-order valence-electron chi connectivity index (χ0n) is 10.9. The third-order valence-corrected chi connectivity index (χ3v) is 2.08. The van der Waals surface area contributed by atoms with Crippen LogP contribution < -0.4 is 16.2 Å². The maximum absolute atomic E-state index is 11.8. The molecule has 0 aliphatic heterocycles. The first kappa shape index (κ1) is 14.6. The Hall–Kier alpha value is -2.44. The Morgan fingerprint density at radius 3 is 2.26 bits per heavy atom. The standard InChI is InChI=1S/C12H17N3O4/c1-3-18-11(16)14-15(12(17)19-4-2)10-7-5-9(13)6-8-10/h5-8H,3-4,13H2,1-2H3,(H,14,16). The van der Waals surface area contributed by atoms with Gasteiger partial charge in [-0.1, -0.05) is 0 Å². The largest absolute Gasteiger partial charge is 0.449 e. The Kier molecular flexibility index (Phi) is 5.46. The summed E-state index contributed by atoms with van der Waals surface area (Å²) in [6.07, 6.45) is -1.45. The molecule has 0 unspecified atom stereocenters. The molecule has 19 heavy (non-hydrogen) atoms. The van der Waals surface area contributed by atoms with Crippen molar-refractivity contribution in [1.82, 2.24) is 5.43 Å². The van der Waals surface area contributed by atoms with E-state index >= 15 is 0 Å². The van der Waals surface area contributed by atoms with Gasteiger partial charge in [0.05, 0.1) is 18.9 Å². The highest BCUT2D eigenvalue weighted by Gasteiger charge is 2.20. The molecule has 0 saturated heterocycles. The average molecular weight is 267 g/mol. The summed E-state index contributed by atoms with van der Waals surface area (Å²) >= 11 is 0. The zero-order valence-corrected chi connectivity index (χ0v) is 10.9. The lowest BCUT2D eigenvalue weighted by atomic mass is 10.3. The molecular weight excluding hydrogens is 250 g/mol. The Morgan fingerprint density at radius 2 is 1.74 bits per heavy atom. The van der Waals surface area contributed by atoms with Crippen LogP contribution in [0.4, 0.5) is 21.0 Å². The van der Waals surface area contributed by atoms with Gasteiger partial charge in [-0.15, -0.1) is 0 Å². The minimum Gasteiger partial charge on any atom is -0.449 e. The topological polar surface area (TPSA) is 93.9 Å². The lowest BCUT2D eigenvalue weighted by Crippen LogP contribution is -2.47. The number of hydrogen-bond acceptors (Lipinski definition) is 5. The molecule has 0 aliphatic rings. The van der Waals surface area contributed by atoms with Crippen molar-refractivity contribution in [2.24, 2.45) is 0 Å². The van der Waals surface area contributed by atoms with Gasteiger partial charge >= 0.3 is 12.2 Å². The van der Waals surface area contributed by atoms with Crippen LogP contribution in [0.15, 0.2) is 24.3 Å². The second-order valence-corrected chi connectivity index (χ2v) is 3.46. The molecule has 0 bridgehead atoms. The van der Waals surface area contributed by atoms with E-state index in [2.05, 4.69) is 5.43 Å². The van der Waals surface area contributed by atoms with E-state index < -0.39 is 12.2 Å². The van der Waals surface area contributed by atoms with E-state index in [1.54, 1.807) is 38.1 Å². The van der Waals surface area contributed by atoms with E-state index in [-0.39, 0.29) is 13.2 Å². The number of nitrogens with two attached hydrogens (primary N) is 1. The van der Waals surface area contributed by atoms with Gasteiger partial charge in [-0.25, -0.2) is 15.0 Å². The van der Waals surface area contributed by atoms with Gasteiger partial charge < -0.3 is 15.2 Å². The highest BCUT2D eigenvalue weighted by molar-refractivity contribution is 5.90. The van der Waals surface area contributed by atoms with Crippen LogP contribution in [-0.2, 0) is 9.47 Å². The van der Waals surface area contributed by atoms with E-state index in [0.717, 1.165) is 5.01 Å². The first-order chi connectivity index (χ1) is 9.08. The maximum Gasteiger partial charge on any atom is 0.433 e. The molecule has 0 aromatic heterocycles. The molecule has 3 N–H and O–H groups in total. The lowest BCUT2D eigenvalue weighted by molar-refractivity contribution is 0.139. The summed E-state index contributed by atoms with van der Waals surface area (Å²) in [5.74, 6) is 0. The summed E-state index contributed by atoms with van der Waals surface area (Å²) in [6, 6.07) is 6.37. The number of benzene rings is 1. The summed E-state index contributed by atoms with van der Waals surface area (Å²) in [5.41, 5.74) is 8.82. The summed E-state index contributed by atoms with van der Waals surface area (Å²) in [7, 11) is 0. The normalized spacial score (nSPS) is 9.58. The fraction of sp³-hybridized carbons (Fsp3) is 0.333. The number of carbonyl (C=O) groups is 2. The van der Waals surface area contributed by atoms with E-state index in [0.29, 0.717) is 11.4 Å². The molecule has 104 valence electrons. The van der Waals surface area contributed by atoms with Crippen molar-refractivity contribution in [3.05, 3.63) is 24.3 Å². The summed E-state index contributed by atoms with van der Waals surface area (Å²) in [6.45, 7) is 3.72. The quantitative estimate of drug-likeness (QED) is 0.644. The monoisotopic (exact) mass is 267 g/mol. The molecule has 0 fully saturated rings. The fourth-order valence-corrected chi connectivity index (χ4v) is 1.28. The summed E-state index contributed by atoms with van der Waals surface area (Å²) in [4.78, 5) is 23.2. The van der Waals surface area contributed by atoms with Gasteiger partial charge in [0.1, 0.15) is 0 Å². The third kappa shape index (κ3) is 4.38. The van der Waals surface area contributed by atoms with Gasteiger partial charge in [0.2, 0.25) is 0 Å². The summed E-state index contributed by atoms with van der Waals surface area (Å²) in [5, 5.41) is 0.959. The molecule has 0 atom stereocenters. The third-order valence-electron chi connectivity index (χ3n) is 2.08. The molecule has 1 aromatic rings. The van der Waals surface area contributed by atoms with Gasteiger partial charge in [0.15, 0.2) is 0 Å². The van der Waals surface area contributed by atoms with Gasteiger partial charge in [0.25, 0.3) is 0 Å². The SMILES string of the molecule is CCOC(=O)NN(C(=O)OCC)c1ccc(N)cc1. The first-order valence-corrected chi connectivity index (χ1v) is 5.84. The number of amides is 2. The van der Waals surface area contributed by atoms with Crippen LogP contribution in [0.5, 0.6) is 0 Å². The van der Waals surface area contributed by atoms with Crippen molar-refractivity contribution < 1.29 is 19.1 Å². The van der Waals surface area contributed by atoms with Gasteiger partial charge in [-0.05, 0) is 38.1 Å². The van der Waals surface area contributed by atoms with Crippen molar-refractivity contribution in [1.29, 1.82) is 0 Å². The molecule has 0 radical (unpaired) electrons. The number of hydrogen-bond donors (Lipinski definition) is 2. The van der Waals surface area contributed by atoms with E-state index in [4.69, 9.17) is 15.2 Å². The zero-order chi connectivity index (χ0) is 14.3. The van der Waals surface area contributed by atoms with Crippen LogP contribution in [0.1, 0.15) is 13.8 Å². The number of nitrogens with one attached hydrogen (secondary N) is 1. The Labute approximate surface area is 111 Å². The Morgan fingerprint density at radius 1 is 1.16 bits per heavy atom. The smallest absolute Gasteiger partial charge is 0.433 e. The molecule has 0 saturated carbocycles. The molecule has 2 amide bonds. The molecule has 7 nitrogen and oxygen atoms in total. The molecule has 1 aromatic carbocycles. The predicted molar refractivity (Wildman–Crippen MR) is 70.5 cm³/mol. The maximum atomic E-state index is 11.8. The number of hydrazine groups is 1. The molecule has 1 rings (SSSR count). The van der Waals surface area contributed by atoms with Crippen LogP contribution in [0.25, 0.3) is 0 Å². The number of nitrogens with zero attached hydrogens (tertiary/aromatic N) is 1. The first-order valence-electron chi connectivity index (χ1n) is 5.84. The highest BCUT2D eigenvalue weighted by Crippen LogP contribution is 2.15. The second-order valence-electron chi connectivity index (χ2n) is 3.46. The number of ether oxygens (including phenoxy) is 2. The van der Waals surface area contributed by atoms with Gasteiger partial charge in [-0.2, -0.15) is 5.01 Å². The molecule has 0 heterocycles. The minimum absolute atomic E-state index is 0.189. The second kappa shape index (κ2) is 7.10.